The van der Waals surface area contributed by atoms with Crippen LogP contribution in [0.15, 0.2) is 4.99 Å². The summed E-state index contributed by atoms with van der Waals surface area (Å²) in [5.74, 6) is 3.27. The van der Waals surface area contributed by atoms with Crippen LogP contribution in [0.4, 0.5) is 0 Å². The molecule has 0 amide bonds. The topological polar surface area (TPSA) is 24.4 Å². The van der Waals surface area contributed by atoms with E-state index in [9.17, 15) is 0 Å². The highest BCUT2D eigenvalue weighted by molar-refractivity contribution is 8.13. The Morgan fingerprint density at radius 3 is 2.94 bits per heavy atom. The van der Waals surface area contributed by atoms with Crippen molar-refractivity contribution in [2.45, 2.75) is 44.4 Å². The molecule has 2 fully saturated rings. The largest absolute Gasteiger partial charge is 0.362 e. The van der Waals surface area contributed by atoms with Gasteiger partial charge >= 0.3 is 0 Å². The van der Waals surface area contributed by atoms with E-state index in [0.29, 0.717) is 10.8 Å². The Hall–Kier alpha value is 0.170. The quantitative estimate of drug-likeness (QED) is 0.824. The van der Waals surface area contributed by atoms with Crippen molar-refractivity contribution in [1.82, 2.24) is 5.32 Å². The van der Waals surface area contributed by atoms with Crippen LogP contribution >= 0.6 is 23.5 Å². The van der Waals surface area contributed by atoms with E-state index in [1.165, 1.54) is 29.5 Å². The molecule has 0 bridgehead atoms. The molecule has 0 aromatic heterocycles. The number of rotatable bonds is 2. The fourth-order valence-corrected chi connectivity index (χ4v) is 4.39. The summed E-state index contributed by atoms with van der Waals surface area (Å²) in [6.45, 7) is 7.89. The first kappa shape index (κ1) is 12.6. The molecular formula is C12H22N2S2. The van der Waals surface area contributed by atoms with Crippen molar-refractivity contribution in [2.24, 2.45) is 10.9 Å². The average molecular weight is 258 g/mol. The van der Waals surface area contributed by atoms with Crippen LogP contribution in [0, 0.1) is 5.92 Å². The van der Waals surface area contributed by atoms with E-state index in [1.54, 1.807) is 0 Å². The van der Waals surface area contributed by atoms with Crippen LogP contribution in [0.25, 0.3) is 0 Å². The molecule has 3 atom stereocenters. The van der Waals surface area contributed by atoms with E-state index in [0.717, 1.165) is 12.5 Å². The Morgan fingerprint density at radius 1 is 1.50 bits per heavy atom. The lowest BCUT2D eigenvalue weighted by atomic mass is 10.1. The van der Waals surface area contributed by atoms with E-state index in [-0.39, 0.29) is 0 Å². The summed E-state index contributed by atoms with van der Waals surface area (Å²) >= 11 is 3.98. The highest BCUT2D eigenvalue weighted by Crippen LogP contribution is 2.38. The van der Waals surface area contributed by atoms with Gasteiger partial charge in [-0.15, -0.1) is 0 Å². The maximum Gasteiger partial charge on any atom is 0.156 e. The minimum absolute atomic E-state index is 0.404. The average Bonchev–Trinajstić information content (AvgIpc) is 2.68. The fourth-order valence-electron chi connectivity index (χ4n) is 2.03. The second kappa shape index (κ2) is 5.21. The molecule has 0 saturated carbocycles. The van der Waals surface area contributed by atoms with E-state index in [2.05, 4.69) is 37.8 Å². The summed E-state index contributed by atoms with van der Waals surface area (Å²) in [4.78, 5) is 4.77. The summed E-state index contributed by atoms with van der Waals surface area (Å²) in [6, 6.07) is 0.573. The molecule has 1 N–H and O–H groups in total. The predicted molar refractivity (Wildman–Crippen MR) is 76.6 cm³/mol. The standard InChI is InChI=1S/C12H22N2S2/c1-9-7-15-11(14-10(9)2)13-8-12(3)5-4-6-16-12/h9-10H,4-8H2,1-3H3,(H,13,14). The van der Waals surface area contributed by atoms with Gasteiger partial charge in [0.2, 0.25) is 0 Å². The minimum Gasteiger partial charge on any atom is -0.362 e. The van der Waals surface area contributed by atoms with Crippen LogP contribution < -0.4 is 5.32 Å². The van der Waals surface area contributed by atoms with Crippen LogP contribution in [-0.2, 0) is 0 Å². The Balaban J connectivity index is 1.87. The highest BCUT2D eigenvalue weighted by atomic mass is 32.2. The van der Waals surface area contributed by atoms with Gasteiger partial charge in [0.05, 0.1) is 6.54 Å². The summed E-state index contributed by atoms with van der Waals surface area (Å²) in [7, 11) is 0. The maximum absolute atomic E-state index is 4.77. The second-order valence-corrected chi connectivity index (χ2v) is 7.94. The Kier molecular flexibility index (Phi) is 4.11. The smallest absolute Gasteiger partial charge is 0.156 e. The SMILES string of the molecule is CC1CSC(=NCC2(C)CCCS2)NC1C. The van der Waals surface area contributed by atoms with Crippen molar-refractivity contribution in [2.75, 3.05) is 18.1 Å². The number of thioether (sulfide) groups is 2. The maximum atomic E-state index is 4.77. The number of hydrogen-bond acceptors (Lipinski definition) is 3. The molecule has 0 spiro atoms. The number of amidine groups is 1. The third-order valence-electron chi connectivity index (χ3n) is 3.55. The van der Waals surface area contributed by atoms with Crippen molar-refractivity contribution in [3.63, 3.8) is 0 Å². The summed E-state index contributed by atoms with van der Waals surface area (Å²) in [5, 5.41) is 4.68. The number of nitrogens with one attached hydrogen (secondary N) is 1. The predicted octanol–water partition coefficient (Wildman–Crippen LogP) is 2.99. The number of nitrogens with zero attached hydrogens (tertiary/aromatic N) is 1. The zero-order valence-corrected chi connectivity index (χ0v) is 12.1. The minimum atomic E-state index is 0.404. The third kappa shape index (κ3) is 3.10. The lowest BCUT2D eigenvalue weighted by Gasteiger charge is -2.29. The molecule has 2 rings (SSSR count). The molecule has 2 aliphatic rings. The molecular weight excluding hydrogens is 236 g/mol. The molecule has 2 aliphatic heterocycles. The van der Waals surface area contributed by atoms with Gasteiger partial charge in [0.1, 0.15) is 0 Å². The zero-order valence-electron chi connectivity index (χ0n) is 10.5. The van der Waals surface area contributed by atoms with Gasteiger partial charge in [0.15, 0.2) is 5.17 Å². The summed E-state index contributed by atoms with van der Waals surface area (Å²) < 4.78 is 0.404. The molecule has 4 heteroatoms. The van der Waals surface area contributed by atoms with Crippen LogP contribution in [0.3, 0.4) is 0 Å². The Morgan fingerprint density at radius 2 is 2.31 bits per heavy atom. The first-order valence-electron chi connectivity index (χ1n) is 6.17. The van der Waals surface area contributed by atoms with Crippen molar-refractivity contribution in [1.29, 1.82) is 0 Å². The lowest BCUT2D eigenvalue weighted by Crippen LogP contribution is -2.42. The zero-order chi connectivity index (χ0) is 11.6. The number of hydrogen-bond donors (Lipinski definition) is 1. The first-order valence-corrected chi connectivity index (χ1v) is 8.14. The summed E-state index contributed by atoms with van der Waals surface area (Å²) in [6.07, 6.45) is 2.69. The van der Waals surface area contributed by atoms with Gasteiger partial charge in [-0.3, -0.25) is 4.99 Å². The molecule has 2 saturated heterocycles. The molecule has 2 heterocycles. The van der Waals surface area contributed by atoms with Crippen LogP contribution in [-0.4, -0.2) is 34.0 Å². The third-order valence-corrected chi connectivity index (χ3v) is 6.28. The van der Waals surface area contributed by atoms with Crippen LogP contribution in [0.5, 0.6) is 0 Å². The molecule has 2 nitrogen and oxygen atoms in total. The van der Waals surface area contributed by atoms with Crippen LogP contribution in [0.1, 0.15) is 33.6 Å². The van der Waals surface area contributed by atoms with Gasteiger partial charge in [-0.05, 0) is 38.4 Å². The lowest BCUT2D eigenvalue weighted by molar-refractivity contribution is 0.489. The van der Waals surface area contributed by atoms with E-state index in [1.807, 2.05) is 11.8 Å². The Bertz CT molecular complexity index is 272. The first-order chi connectivity index (χ1) is 7.59. The Labute approximate surface area is 107 Å². The summed E-state index contributed by atoms with van der Waals surface area (Å²) in [5.41, 5.74) is 0. The second-order valence-electron chi connectivity index (χ2n) is 5.24. The van der Waals surface area contributed by atoms with Crippen molar-refractivity contribution in [3.8, 4) is 0 Å². The van der Waals surface area contributed by atoms with Gasteiger partial charge in [0.25, 0.3) is 0 Å². The molecule has 0 aliphatic carbocycles. The van der Waals surface area contributed by atoms with Crippen molar-refractivity contribution in [3.05, 3.63) is 0 Å². The molecule has 92 valence electrons. The molecule has 16 heavy (non-hydrogen) atoms. The molecule has 0 aromatic rings. The van der Waals surface area contributed by atoms with Gasteiger partial charge < -0.3 is 5.32 Å². The van der Waals surface area contributed by atoms with E-state index >= 15 is 0 Å². The van der Waals surface area contributed by atoms with Gasteiger partial charge in [-0.1, -0.05) is 18.7 Å². The van der Waals surface area contributed by atoms with Gasteiger partial charge in [0, 0.05) is 16.5 Å². The molecule has 3 unspecified atom stereocenters. The number of aliphatic imine (C=N–C) groups is 1. The van der Waals surface area contributed by atoms with E-state index in [4.69, 9.17) is 4.99 Å². The fraction of sp³-hybridized carbons (Fsp3) is 0.917. The highest BCUT2D eigenvalue weighted by Gasteiger charge is 2.29. The van der Waals surface area contributed by atoms with Crippen LogP contribution in [0.2, 0.25) is 0 Å². The molecule has 0 aromatic carbocycles. The monoisotopic (exact) mass is 258 g/mol. The van der Waals surface area contributed by atoms with Gasteiger partial charge in [-0.25, -0.2) is 0 Å². The van der Waals surface area contributed by atoms with E-state index < -0.39 is 0 Å². The van der Waals surface area contributed by atoms with Gasteiger partial charge in [-0.2, -0.15) is 11.8 Å². The normalized spacial score (nSPS) is 42.3. The van der Waals surface area contributed by atoms with Crippen molar-refractivity contribution >= 4 is 28.7 Å². The molecule has 0 radical (unpaired) electrons. The van der Waals surface area contributed by atoms with Crippen molar-refractivity contribution < 1.29 is 0 Å².